The SMILES string of the molecule is Clc1ccc2c(Sc3nnc(-c4cccs4)n3CC3CCCO3)ccnc2c1. The predicted octanol–water partition coefficient (Wildman–Crippen LogP) is 5.54. The molecule has 8 heteroatoms. The number of pyridine rings is 1. The van der Waals surface area contributed by atoms with E-state index in [2.05, 4.69) is 31.2 Å². The molecule has 5 rings (SSSR count). The third-order valence-corrected chi connectivity index (χ3v) is 6.90. The lowest BCUT2D eigenvalue weighted by molar-refractivity contribution is 0.0953. The largest absolute Gasteiger partial charge is 0.376 e. The molecule has 4 aromatic rings. The molecule has 1 unspecified atom stereocenters. The molecule has 0 radical (unpaired) electrons. The van der Waals surface area contributed by atoms with Crippen molar-refractivity contribution in [1.82, 2.24) is 19.7 Å². The summed E-state index contributed by atoms with van der Waals surface area (Å²) in [6.45, 7) is 1.59. The molecule has 0 aliphatic carbocycles. The molecule has 28 heavy (non-hydrogen) atoms. The second-order valence-corrected chi connectivity index (χ2v) is 8.99. The Bertz CT molecular complexity index is 1110. The van der Waals surface area contributed by atoms with E-state index in [-0.39, 0.29) is 6.10 Å². The Kier molecular flexibility index (Phi) is 5.07. The van der Waals surface area contributed by atoms with Gasteiger partial charge in [0.2, 0.25) is 0 Å². The number of hydrogen-bond acceptors (Lipinski definition) is 6. The highest BCUT2D eigenvalue weighted by molar-refractivity contribution is 7.99. The number of benzene rings is 1. The van der Waals surface area contributed by atoms with Gasteiger partial charge in [0.1, 0.15) is 0 Å². The van der Waals surface area contributed by atoms with Crippen molar-refractivity contribution in [3.05, 3.63) is 53.0 Å². The van der Waals surface area contributed by atoms with Gasteiger partial charge in [0.05, 0.1) is 23.0 Å². The lowest BCUT2D eigenvalue weighted by atomic mass is 10.2. The maximum atomic E-state index is 6.13. The van der Waals surface area contributed by atoms with Gasteiger partial charge in [-0.05, 0) is 54.2 Å². The molecule has 1 aliphatic heterocycles. The summed E-state index contributed by atoms with van der Waals surface area (Å²) in [6.07, 6.45) is 4.20. The van der Waals surface area contributed by atoms with Crippen LogP contribution in [0.5, 0.6) is 0 Å². The summed E-state index contributed by atoms with van der Waals surface area (Å²) < 4.78 is 8.07. The lowest BCUT2D eigenvalue weighted by Crippen LogP contribution is -2.16. The molecule has 5 nitrogen and oxygen atoms in total. The number of hydrogen-bond donors (Lipinski definition) is 0. The summed E-state index contributed by atoms with van der Waals surface area (Å²) in [4.78, 5) is 6.64. The Morgan fingerprint density at radius 1 is 1.25 bits per heavy atom. The van der Waals surface area contributed by atoms with Gasteiger partial charge in [-0.1, -0.05) is 23.7 Å². The summed E-state index contributed by atoms with van der Waals surface area (Å²) in [6, 6.07) is 11.9. The van der Waals surface area contributed by atoms with E-state index in [4.69, 9.17) is 16.3 Å². The Morgan fingerprint density at radius 2 is 2.21 bits per heavy atom. The molecule has 142 valence electrons. The molecular weight excluding hydrogens is 412 g/mol. The molecule has 4 heterocycles. The van der Waals surface area contributed by atoms with Crippen molar-refractivity contribution >= 4 is 45.6 Å². The van der Waals surface area contributed by atoms with Crippen LogP contribution in [0.4, 0.5) is 0 Å². The molecule has 1 atom stereocenters. The van der Waals surface area contributed by atoms with Gasteiger partial charge < -0.3 is 4.74 Å². The van der Waals surface area contributed by atoms with Crippen molar-refractivity contribution in [3.8, 4) is 10.7 Å². The number of ether oxygens (including phenoxy) is 1. The molecule has 0 N–H and O–H groups in total. The third-order valence-electron chi connectivity index (χ3n) is 4.73. The van der Waals surface area contributed by atoms with Gasteiger partial charge in [-0.2, -0.15) is 0 Å². The number of thiophene rings is 1. The number of fused-ring (bicyclic) bond motifs is 1. The maximum absolute atomic E-state index is 6.13. The van der Waals surface area contributed by atoms with Gasteiger partial charge in [-0.15, -0.1) is 21.5 Å². The number of halogens is 1. The van der Waals surface area contributed by atoms with Gasteiger partial charge in [0.25, 0.3) is 0 Å². The van der Waals surface area contributed by atoms with Crippen molar-refractivity contribution in [3.63, 3.8) is 0 Å². The average molecular weight is 429 g/mol. The minimum absolute atomic E-state index is 0.210. The Balaban J connectivity index is 1.55. The molecule has 1 fully saturated rings. The van der Waals surface area contributed by atoms with E-state index in [0.717, 1.165) is 57.6 Å². The van der Waals surface area contributed by atoms with Crippen LogP contribution < -0.4 is 0 Å². The van der Waals surface area contributed by atoms with Crippen LogP contribution in [0.25, 0.3) is 21.6 Å². The zero-order valence-corrected chi connectivity index (χ0v) is 17.3. The first kappa shape index (κ1) is 18.1. The zero-order valence-electron chi connectivity index (χ0n) is 14.9. The summed E-state index contributed by atoms with van der Waals surface area (Å²) in [7, 11) is 0. The van der Waals surface area contributed by atoms with Crippen LogP contribution in [0, 0.1) is 0 Å². The van der Waals surface area contributed by atoms with Crippen molar-refractivity contribution < 1.29 is 4.74 Å². The van der Waals surface area contributed by atoms with Crippen molar-refractivity contribution in [1.29, 1.82) is 0 Å². The molecular formula is C20H17ClN4OS2. The maximum Gasteiger partial charge on any atom is 0.196 e. The third kappa shape index (κ3) is 3.55. The standard InChI is InChI=1S/C20H17ClN4OS2/c21-13-5-6-15-16(11-13)22-8-7-17(15)28-20-24-23-19(18-4-2-10-27-18)25(20)12-14-3-1-9-26-14/h2,4-8,10-11,14H,1,3,9,12H2. The summed E-state index contributed by atoms with van der Waals surface area (Å²) in [5.41, 5.74) is 0.876. The highest BCUT2D eigenvalue weighted by Gasteiger charge is 2.22. The fourth-order valence-electron chi connectivity index (χ4n) is 3.39. The van der Waals surface area contributed by atoms with Crippen LogP contribution in [0.3, 0.4) is 0 Å². The first-order chi connectivity index (χ1) is 13.8. The van der Waals surface area contributed by atoms with Gasteiger partial charge >= 0.3 is 0 Å². The van der Waals surface area contributed by atoms with Gasteiger partial charge in [0.15, 0.2) is 11.0 Å². The molecule has 1 aromatic carbocycles. The molecule has 3 aromatic heterocycles. The Morgan fingerprint density at radius 3 is 3.04 bits per heavy atom. The van der Waals surface area contributed by atoms with E-state index in [0.29, 0.717) is 5.02 Å². The van der Waals surface area contributed by atoms with Crippen LogP contribution in [0.2, 0.25) is 5.02 Å². The quantitative estimate of drug-likeness (QED) is 0.417. The molecule has 0 amide bonds. The normalized spacial score (nSPS) is 16.8. The van der Waals surface area contributed by atoms with E-state index in [1.165, 1.54) is 0 Å². The van der Waals surface area contributed by atoms with Crippen molar-refractivity contribution in [2.45, 2.75) is 35.5 Å². The van der Waals surface area contributed by atoms with Crippen LogP contribution in [0.15, 0.2) is 58.0 Å². The van der Waals surface area contributed by atoms with E-state index >= 15 is 0 Å². The molecule has 0 bridgehead atoms. The van der Waals surface area contributed by atoms with Gasteiger partial charge in [0, 0.05) is 28.1 Å². The van der Waals surface area contributed by atoms with E-state index < -0.39 is 0 Å². The van der Waals surface area contributed by atoms with Gasteiger partial charge in [-0.25, -0.2) is 0 Å². The highest BCUT2D eigenvalue weighted by atomic mass is 35.5. The van der Waals surface area contributed by atoms with Crippen molar-refractivity contribution in [2.24, 2.45) is 0 Å². The van der Waals surface area contributed by atoms with E-state index in [9.17, 15) is 0 Å². The fourth-order valence-corrected chi connectivity index (χ4v) is 5.24. The predicted molar refractivity (Wildman–Crippen MR) is 113 cm³/mol. The van der Waals surface area contributed by atoms with Crippen LogP contribution >= 0.6 is 34.7 Å². The first-order valence-corrected chi connectivity index (χ1v) is 11.2. The molecule has 1 saturated heterocycles. The number of nitrogens with zero attached hydrogens (tertiary/aromatic N) is 4. The van der Waals surface area contributed by atoms with Gasteiger partial charge in [-0.3, -0.25) is 9.55 Å². The highest BCUT2D eigenvalue weighted by Crippen LogP contribution is 2.35. The smallest absolute Gasteiger partial charge is 0.196 e. The topological polar surface area (TPSA) is 52.8 Å². The minimum Gasteiger partial charge on any atom is -0.376 e. The van der Waals surface area contributed by atoms with E-state index in [1.54, 1.807) is 23.1 Å². The fraction of sp³-hybridized carbons (Fsp3) is 0.250. The van der Waals surface area contributed by atoms with Crippen LogP contribution in [-0.2, 0) is 11.3 Å². The van der Waals surface area contributed by atoms with E-state index in [1.807, 2.05) is 36.5 Å². The summed E-state index contributed by atoms with van der Waals surface area (Å²) >= 11 is 9.41. The second kappa shape index (κ2) is 7.83. The number of aromatic nitrogens is 4. The monoisotopic (exact) mass is 428 g/mol. The second-order valence-electron chi connectivity index (χ2n) is 6.60. The number of rotatable bonds is 5. The lowest BCUT2D eigenvalue weighted by Gasteiger charge is -2.14. The van der Waals surface area contributed by atoms with Crippen molar-refractivity contribution in [2.75, 3.05) is 6.61 Å². The van der Waals surface area contributed by atoms with Crippen LogP contribution in [-0.4, -0.2) is 32.5 Å². The van der Waals surface area contributed by atoms with Crippen LogP contribution in [0.1, 0.15) is 12.8 Å². The molecule has 0 spiro atoms. The molecule has 0 saturated carbocycles. The Hall–Kier alpha value is -1.93. The average Bonchev–Trinajstić information content (AvgIpc) is 3.45. The minimum atomic E-state index is 0.210. The summed E-state index contributed by atoms with van der Waals surface area (Å²) in [5.74, 6) is 0.898. The zero-order chi connectivity index (χ0) is 18.9. The molecule has 1 aliphatic rings. The Labute approximate surface area is 175 Å². The summed E-state index contributed by atoms with van der Waals surface area (Å²) in [5, 5.41) is 13.7. The first-order valence-electron chi connectivity index (χ1n) is 9.09.